The van der Waals surface area contributed by atoms with Crippen LogP contribution in [0.2, 0.25) is 0 Å². The Bertz CT molecular complexity index is 553. The molecule has 0 aromatic heterocycles. The zero-order chi connectivity index (χ0) is 17.0. The summed E-state index contributed by atoms with van der Waals surface area (Å²) >= 11 is 0. The van der Waals surface area contributed by atoms with Crippen LogP contribution in [0.15, 0.2) is 30.3 Å². The average Bonchev–Trinajstić information content (AvgIpc) is 2.93. The molecule has 2 atom stereocenters. The summed E-state index contributed by atoms with van der Waals surface area (Å²) in [6.45, 7) is 6.30. The molecule has 6 nitrogen and oxygen atoms in total. The van der Waals surface area contributed by atoms with Crippen LogP contribution in [-0.2, 0) is 16.1 Å². The van der Waals surface area contributed by atoms with E-state index in [-0.39, 0.29) is 6.04 Å². The topological polar surface area (TPSA) is 78.9 Å². The van der Waals surface area contributed by atoms with Crippen molar-refractivity contribution in [1.29, 1.82) is 0 Å². The van der Waals surface area contributed by atoms with Gasteiger partial charge in [-0.25, -0.2) is 4.79 Å². The largest absolute Gasteiger partial charge is 0.480 e. The number of nitrogens with one attached hydrogen (secondary N) is 1. The van der Waals surface area contributed by atoms with Gasteiger partial charge < -0.3 is 15.2 Å². The van der Waals surface area contributed by atoms with E-state index in [1.165, 1.54) is 0 Å². The fraction of sp³-hybridized carbons (Fsp3) is 0.529. The Morgan fingerprint density at radius 3 is 2.48 bits per heavy atom. The van der Waals surface area contributed by atoms with Gasteiger partial charge in [0.15, 0.2) is 0 Å². The number of nitrogens with zero attached hydrogens (tertiary/aromatic N) is 1. The minimum Gasteiger partial charge on any atom is -0.480 e. The van der Waals surface area contributed by atoms with Crippen molar-refractivity contribution >= 4 is 12.1 Å². The molecule has 1 amide bonds. The fourth-order valence-corrected chi connectivity index (χ4v) is 2.59. The number of hydrogen-bond acceptors (Lipinski definition) is 4. The predicted octanol–water partition coefficient (Wildman–Crippen LogP) is 2.24. The van der Waals surface area contributed by atoms with Gasteiger partial charge >= 0.3 is 12.1 Å². The van der Waals surface area contributed by atoms with Gasteiger partial charge in [0.2, 0.25) is 0 Å². The Hall–Kier alpha value is -2.08. The number of benzene rings is 1. The first-order valence-corrected chi connectivity index (χ1v) is 7.76. The second-order valence-corrected chi connectivity index (χ2v) is 6.78. The van der Waals surface area contributed by atoms with Crippen molar-refractivity contribution in [3.63, 3.8) is 0 Å². The van der Waals surface area contributed by atoms with Gasteiger partial charge in [-0.05, 0) is 32.8 Å². The van der Waals surface area contributed by atoms with Crippen molar-refractivity contribution in [2.75, 3.05) is 6.54 Å². The van der Waals surface area contributed by atoms with Crippen LogP contribution >= 0.6 is 0 Å². The lowest BCUT2D eigenvalue weighted by molar-refractivity contribution is -0.139. The van der Waals surface area contributed by atoms with Crippen LogP contribution in [0.5, 0.6) is 0 Å². The third-order valence-corrected chi connectivity index (χ3v) is 3.67. The molecule has 2 rings (SSSR count). The summed E-state index contributed by atoms with van der Waals surface area (Å²) in [7, 11) is 0. The number of hydrogen-bond donors (Lipinski definition) is 2. The van der Waals surface area contributed by atoms with Crippen LogP contribution in [0.3, 0.4) is 0 Å². The Morgan fingerprint density at radius 2 is 1.96 bits per heavy atom. The maximum atomic E-state index is 12.6. The van der Waals surface area contributed by atoms with Gasteiger partial charge in [-0.15, -0.1) is 0 Å². The third kappa shape index (κ3) is 4.96. The number of carbonyl (C=O) groups is 2. The molecule has 1 fully saturated rings. The molecule has 2 N–H and O–H groups in total. The lowest BCUT2D eigenvalue weighted by Crippen LogP contribution is -2.43. The zero-order valence-corrected chi connectivity index (χ0v) is 13.8. The molecule has 0 radical (unpaired) electrons. The number of aliphatic carboxylic acids is 1. The molecule has 1 aliphatic rings. The number of carboxylic acid groups (broad SMARTS) is 1. The number of carboxylic acids is 1. The van der Waals surface area contributed by atoms with Crippen molar-refractivity contribution < 1.29 is 19.4 Å². The van der Waals surface area contributed by atoms with E-state index in [4.69, 9.17) is 9.84 Å². The lowest BCUT2D eigenvalue weighted by Gasteiger charge is -2.31. The maximum absolute atomic E-state index is 12.6. The van der Waals surface area contributed by atoms with Gasteiger partial charge in [-0.1, -0.05) is 30.3 Å². The highest BCUT2D eigenvalue weighted by molar-refractivity contribution is 5.74. The Labute approximate surface area is 136 Å². The van der Waals surface area contributed by atoms with Crippen LogP contribution in [0, 0.1) is 0 Å². The molecule has 1 aromatic rings. The summed E-state index contributed by atoms with van der Waals surface area (Å²) in [5.74, 6) is -0.892. The highest BCUT2D eigenvalue weighted by Gasteiger charge is 2.36. The average molecular weight is 320 g/mol. The van der Waals surface area contributed by atoms with Crippen LogP contribution < -0.4 is 5.32 Å². The molecule has 2 unspecified atom stereocenters. The van der Waals surface area contributed by atoms with Crippen molar-refractivity contribution in [1.82, 2.24) is 10.2 Å². The molecule has 0 spiro atoms. The summed E-state index contributed by atoms with van der Waals surface area (Å²) < 4.78 is 5.49. The summed E-state index contributed by atoms with van der Waals surface area (Å²) in [5.41, 5.74) is 0.390. The first kappa shape index (κ1) is 17.3. The smallest absolute Gasteiger partial charge is 0.410 e. The van der Waals surface area contributed by atoms with Gasteiger partial charge in [0.05, 0.1) is 0 Å². The molecule has 1 heterocycles. The Balaban J connectivity index is 2.14. The van der Waals surface area contributed by atoms with E-state index in [0.29, 0.717) is 19.5 Å². The monoisotopic (exact) mass is 320 g/mol. The van der Waals surface area contributed by atoms with Crippen LogP contribution in [-0.4, -0.2) is 46.3 Å². The number of rotatable bonds is 4. The van der Waals surface area contributed by atoms with E-state index in [1.54, 1.807) is 4.90 Å². The second kappa shape index (κ2) is 7.00. The standard InChI is InChI=1S/C17H24N2O4/c1-17(2,3)23-16(22)19(11-12-7-5-4-6-8-12)13-9-14(15(20)21)18-10-13/h4-8,13-14,18H,9-11H2,1-3H3,(H,20,21). The van der Waals surface area contributed by atoms with Gasteiger partial charge in [0, 0.05) is 19.1 Å². The maximum Gasteiger partial charge on any atom is 0.410 e. The van der Waals surface area contributed by atoms with Crippen molar-refractivity contribution in [3.8, 4) is 0 Å². The highest BCUT2D eigenvalue weighted by Crippen LogP contribution is 2.20. The number of ether oxygens (including phenoxy) is 1. The molecule has 0 aliphatic carbocycles. The molecule has 1 aromatic carbocycles. The van der Waals surface area contributed by atoms with E-state index in [1.807, 2.05) is 51.1 Å². The quantitative estimate of drug-likeness (QED) is 0.889. The molecule has 126 valence electrons. The van der Waals surface area contributed by atoms with E-state index >= 15 is 0 Å². The fourth-order valence-electron chi connectivity index (χ4n) is 2.59. The summed E-state index contributed by atoms with van der Waals surface area (Å²) in [6.07, 6.45) is -0.0410. The Kier molecular flexibility index (Phi) is 5.26. The van der Waals surface area contributed by atoms with Gasteiger partial charge in [-0.3, -0.25) is 9.69 Å². The molecular formula is C17H24N2O4. The van der Waals surface area contributed by atoms with E-state index in [9.17, 15) is 9.59 Å². The van der Waals surface area contributed by atoms with Crippen LogP contribution in [0.25, 0.3) is 0 Å². The van der Waals surface area contributed by atoms with Crippen molar-refractivity contribution in [3.05, 3.63) is 35.9 Å². The Morgan fingerprint density at radius 1 is 1.30 bits per heavy atom. The molecule has 1 aliphatic heterocycles. The first-order valence-electron chi connectivity index (χ1n) is 7.76. The summed E-state index contributed by atoms with van der Waals surface area (Å²) in [4.78, 5) is 25.3. The second-order valence-electron chi connectivity index (χ2n) is 6.78. The van der Waals surface area contributed by atoms with Gasteiger partial charge in [0.25, 0.3) is 0 Å². The van der Waals surface area contributed by atoms with Crippen molar-refractivity contribution in [2.24, 2.45) is 0 Å². The van der Waals surface area contributed by atoms with E-state index < -0.39 is 23.7 Å². The normalized spacial score (nSPS) is 21.0. The van der Waals surface area contributed by atoms with Crippen LogP contribution in [0.1, 0.15) is 32.8 Å². The number of amides is 1. The summed E-state index contributed by atoms with van der Waals surface area (Å²) in [5, 5.41) is 12.1. The van der Waals surface area contributed by atoms with E-state index in [2.05, 4.69) is 5.32 Å². The third-order valence-electron chi connectivity index (χ3n) is 3.67. The molecule has 0 saturated carbocycles. The van der Waals surface area contributed by atoms with Gasteiger partial charge in [-0.2, -0.15) is 0 Å². The van der Waals surface area contributed by atoms with E-state index in [0.717, 1.165) is 5.56 Å². The zero-order valence-electron chi connectivity index (χ0n) is 13.8. The summed E-state index contributed by atoms with van der Waals surface area (Å²) in [6, 6.07) is 8.79. The molecule has 0 bridgehead atoms. The lowest BCUT2D eigenvalue weighted by atomic mass is 10.1. The predicted molar refractivity (Wildman–Crippen MR) is 86.1 cm³/mol. The minimum absolute atomic E-state index is 0.203. The van der Waals surface area contributed by atoms with Gasteiger partial charge in [0.1, 0.15) is 11.6 Å². The van der Waals surface area contributed by atoms with Crippen molar-refractivity contribution in [2.45, 2.75) is 51.4 Å². The molecule has 1 saturated heterocycles. The molecular weight excluding hydrogens is 296 g/mol. The number of carbonyl (C=O) groups excluding carboxylic acids is 1. The van der Waals surface area contributed by atoms with Crippen LogP contribution in [0.4, 0.5) is 4.79 Å². The first-order chi connectivity index (χ1) is 10.8. The molecule has 23 heavy (non-hydrogen) atoms. The highest BCUT2D eigenvalue weighted by atomic mass is 16.6. The minimum atomic E-state index is -0.892. The molecule has 6 heteroatoms. The SMILES string of the molecule is CC(C)(C)OC(=O)N(Cc1ccccc1)C1CNC(C(=O)O)C1.